The maximum Gasteiger partial charge on any atom is 0.169 e. The third kappa shape index (κ3) is 2.85. The zero-order valence-corrected chi connectivity index (χ0v) is 10.7. The van der Waals surface area contributed by atoms with Crippen LogP contribution in [-0.2, 0) is 0 Å². The Morgan fingerprint density at radius 1 is 1.00 bits per heavy atom. The van der Waals surface area contributed by atoms with Crippen molar-refractivity contribution >= 4 is 40.5 Å². The second kappa shape index (κ2) is 5.14. The maximum absolute atomic E-state index is 13.4. The SMILES string of the molecule is Nc1nc(Nc2cc(Cl)c(F)c(Cl)c2)c(F)cc1F. The molecule has 0 aliphatic rings. The summed E-state index contributed by atoms with van der Waals surface area (Å²) in [6.07, 6.45) is 0. The number of nitrogen functional groups attached to an aromatic ring is 1. The highest BCUT2D eigenvalue weighted by molar-refractivity contribution is 6.35. The fourth-order valence-corrected chi connectivity index (χ4v) is 1.82. The van der Waals surface area contributed by atoms with Crippen molar-refractivity contribution in [2.24, 2.45) is 0 Å². The minimum absolute atomic E-state index is 0.189. The number of halogens is 5. The molecule has 8 heteroatoms. The molecule has 0 aliphatic heterocycles. The van der Waals surface area contributed by atoms with Crippen molar-refractivity contribution < 1.29 is 13.2 Å². The number of pyridine rings is 1. The van der Waals surface area contributed by atoms with Gasteiger partial charge in [0, 0.05) is 11.8 Å². The summed E-state index contributed by atoms with van der Waals surface area (Å²) in [5.74, 6) is -3.51. The van der Waals surface area contributed by atoms with E-state index >= 15 is 0 Å². The smallest absolute Gasteiger partial charge is 0.169 e. The topological polar surface area (TPSA) is 50.9 Å². The molecule has 0 saturated carbocycles. The Balaban J connectivity index is 2.39. The standard InChI is InChI=1S/C11H6Cl2F3N3/c12-5-1-4(2-6(13)9(5)16)18-11-8(15)3-7(14)10(17)19-11/h1-3H,(H3,17,18,19). The molecular formula is C11H6Cl2F3N3. The number of benzene rings is 1. The first-order chi connectivity index (χ1) is 8.88. The molecule has 1 aromatic carbocycles. The lowest BCUT2D eigenvalue weighted by atomic mass is 10.3. The maximum atomic E-state index is 13.4. The molecule has 0 bridgehead atoms. The Morgan fingerprint density at radius 2 is 1.58 bits per heavy atom. The van der Waals surface area contributed by atoms with Crippen molar-refractivity contribution in [3.05, 3.63) is 45.7 Å². The molecule has 0 saturated heterocycles. The minimum Gasteiger partial charge on any atom is -0.381 e. The molecule has 2 rings (SSSR count). The van der Waals surface area contributed by atoms with E-state index in [1.807, 2.05) is 0 Å². The van der Waals surface area contributed by atoms with E-state index in [2.05, 4.69) is 10.3 Å². The van der Waals surface area contributed by atoms with Gasteiger partial charge in [-0.05, 0) is 12.1 Å². The van der Waals surface area contributed by atoms with Gasteiger partial charge in [-0.3, -0.25) is 0 Å². The van der Waals surface area contributed by atoms with Crippen LogP contribution in [0.25, 0.3) is 0 Å². The van der Waals surface area contributed by atoms with E-state index in [0.29, 0.717) is 6.07 Å². The van der Waals surface area contributed by atoms with Gasteiger partial charge < -0.3 is 11.1 Å². The molecule has 100 valence electrons. The Labute approximate surface area is 116 Å². The van der Waals surface area contributed by atoms with Crippen LogP contribution >= 0.6 is 23.2 Å². The number of nitrogens with zero attached hydrogens (tertiary/aromatic N) is 1. The molecule has 1 heterocycles. The van der Waals surface area contributed by atoms with Crippen molar-refractivity contribution in [2.75, 3.05) is 11.1 Å². The molecule has 0 unspecified atom stereocenters. The highest BCUT2D eigenvalue weighted by atomic mass is 35.5. The average Bonchev–Trinajstić information content (AvgIpc) is 2.33. The molecular weight excluding hydrogens is 302 g/mol. The van der Waals surface area contributed by atoms with E-state index in [-0.39, 0.29) is 21.6 Å². The van der Waals surface area contributed by atoms with E-state index in [4.69, 9.17) is 28.9 Å². The van der Waals surface area contributed by atoms with Crippen LogP contribution in [0, 0.1) is 17.5 Å². The molecule has 0 atom stereocenters. The van der Waals surface area contributed by atoms with Crippen molar-refractivity contribution in [3.63, 3.8) is 0 Å². The van der Waals surface area contributed by atoms with E-state index in [1.54, 1.807) is 0 Å². The summed E-state index contributed by atoms with van der Waals surface area (Å²) in [5, 5.41) is 1.99. The molecule has 1 aromatic heterocycles. The second-order valence-electron chi connectivity index (χ2n) is 3.56. The van der Waals surface area contributed by atoms with Gasteiger partial charge in [-0.2, -0.15) is 0 Å². The second-order valence-corrected chi connectivity index (χ2v) is 4.38. The van der Waals surface area contributed by atoms with Crippen LogP contribution in [0.15, 0.2) is 18.2 Å². The molecule has 3 N–H and O–H groups in total. The van der Waals surface area contributed by atoms with Crippen LogP contribution in [0.5, 0.6) is 0 Å². The van der Waals surface area contributed by atoms with Gasteiger partial charge in [-0.25, -0.2) is 18.2 Å². The van der Waals surface area contributed by atoms with E-state index in [1.165, 1.54) is 12.1 Å². The summed E-state index contributed by atoms with van der Waals surface area (Å²) < 4.78 is 39.6. The average molecular weight is 308 g/mol. The van der Waals surface area contributed by atoms with Crippen LogP contribution in [0.1, 0.15) is 0 Å². The van der Waals surface area contributed by atoms with Crippen LogP contribution < -0.4 is 11.1 Å². The highest BCUT2D eigenvalue weighted by Gasteiger charge is 2.12. The lowest BCUT2D eigenvalue weighted by Crippen LogP contribution is -2.03. The van der Waals surface area contributed by atoms with Crippen molar-refractivity contribution in [1.29, 1.82) is 0 Å². The molecule has 0 aliphatic carbocycles. The molecule has 0 radical (unpaired) electrons. The van der Waals surface area contributed by atoms with Crippen LogP contribution in [0.3, 0.4) is 0 Å². The van der Waals surface area contributed by atoms with Gasteiger partial charge in [0.2, 0.25) is 0 Å². The minimum atomic E-state index is -0.974. The quantitative estimate of drug-likeness (QED) is 0.820. The van der Waals surface area contributed by atoms with Crippen molar-refractivity contribution in [1.82, 2.24) is 4.98 Å². The summed E-state index contributed by atoms with van der Waals surface area (Å²) >= 11 is 11.2. The predicted molar refractivity (Wildman–Crippen MR) is 68.3 cm³/mol. The Morgan fingerprint density at radius 3 is 2.16 bits per heavy atom. The Hall–Kier alpha value is -1.66. The molecule has 0 amide bonds. The number of nitrogens with one attached hydrogen (secondary N) is 1. The first-order valence-electron chi connectivity index (χ1n) is 4.91. The lowest BCUT2D eigenvalue weighted by Gasteiger charge is -2.09. The number of rotatable bonds is 2. The summed E-state index contributed by atoms with van der Waals surface area (Å²) in [6.45, 7) is 0. The first-order valence-corrected chi connectivity index (χ1v) is 5.67. The Bertz CT molecular complexity index is 626. The monoisotopic (exact) mass is 307 g/mol. The largest absolute Gasteiger partial charge is 0.381 e. The van der Waals surface area contributed by atoms with Gasteiger partial charge in [0.1, 0.15) is 0 Å². The van der Waals surface area contributed by atoms with Gasteiger partial charge in [0.05, 0.1) is 10.0 Å². The van der Waals surface area contributed by atoms with Gasteiger partial charge in [0.15, 0.2) is 29.1 Å². The molecule has 0 spiro atoms. The summed E-state index contributed by atoms with van der Waals surface area (Å²) in [7, 11) is 0. The third-order valence-electron chi connectivity index (χ3n) is 2.20. The summed E-state index contributed by atoms with van der Waals surface area (Å²) in [4.78, 5) is 3.49. The molecule has 2 aromatic rings. The van der Waals surface area contributed by atoms with Gasteiger partial charge in [0.25, 0.3) is 0 Å². The lowest BCUT2D eigenvalue weighted by molar-refractivity contribution is 0.581. The zero-order valence-electron chi connectivity index (χ0n) is 9.15. The fourth-order valence-electron chi connectivity index (χ4n) is 1.33. The predicted octanol–water partition coefficient (Wildman–Crippen LogP) is 4.13. The van der Waals surface area contributed by atoms with E-state index in [0.717, 1.165) is 0 Å². The Kier molecular flexibility index (Phi) is 3.73. The van der Waals surface area contributed by atoms with Crippen LogP contribution in [-0.4, -0.2) is 4.98 Å². The number of hydrogen-bond acceptors (Lipinski definition) is 3. The highest BCUT2D eigenvalue weighted by Crippen LogP contribution is 2.29. The third-order valence-corrected chi connectivity index (χ3v) is 2.75. The summed E-state index contributed by atoms with van der Waals surface area (Å²) in [6, 6.07) is 2.95. The summed E-state index contributed by atoms with van der Waals surface area (Å²) in [5.41, 5.74) is 5.41. The van der Waals surface area contributed by atoms with Gasteiger partial charge in [-0.15, -0.1) is 0 Å². The molecule has 3 nitrogen and oxygen atoms in total. The van der Waals surface area contributed by atoms with Gasteiger partial charge in [-0.1, -0.05) is 23.2 Å². The van der Waals surface area contributed by atoms with Crippen LogP contribution in [0.4, 0.5) is 30.5 Å². The van der Waals surface area contributed by atoms with Gasteiger partial charge >= 0.3 is 0 Å². The fraction of sp³-hybridized carbons (Fsp3) is 0. The molecule has 19 heavy (non-hydrogen) atoms. The van der Waals surface area contributed by atoms with Crippen LogP contribution in [0.2, 0.25) is 10.0 Å². The molecule has 0 fully saturated rings. The first kappa shape index (κ1) is 13.8. The van der Waals surface area contributed by atoms with Crippen molar-refractivity contribution in [2.45, 2.75) is 0 Å². The number of hydrogen-bond donors (Lipinski definition) is 2. The zero-order chi connectivity index (χ0) is 14.2. The van der Waals surface area contributed by atoms with E-state index < -0.39 is 23.3 Å². The van der Waals surface area contributed by atoms with E-state index in [9.17, 15) is 13.2 Å². The number of aromatic nitrogens is 1. The normalized spacial score (nSPS) is 10.6. The number of anilines is 3. The van der Waals surface area contributed by atoms with Crippen molar-refractivity contribution in [3.8, 4) is 0 Å². The number of nitrogens with two attached hydrogens (primary N) is 1.